The van der Waals surface area contributed by atoms with E-state index < -0.39 is 0 Å². The number of nitrogens with one attached hydrogen (secondary N) is 2. The van der Waals surface area contributed by atoms with E-state index >= 15 is 0 Å². The largest absolute Gasteiger partial charge is 0.326 e. The van der Waals surface area contributed by atoms with E-state index in [0.717, 1.165) is 26.5 Å². The van der Waals surface area contributed by atoms with E-state index in [4.69, 9.17) is 0 Å². The monoisotopic (exact) mass is 335 g/mol. The second-order valence-electron chi connectivity index (χ2n) is 5.44. The van der Waals surface area contributed by atoms with Gasteiger partial charge in [-0.3, -0.25) is 9.59 Å². The number of amides is 2. The van der Waals surface area contributed by atoms with Crippen molar-refractivity contribution < 1.29 is 9.59 Å². The van der Waals surface area contributed by atoms with Crippen LogP contribution in [0.5, 0.6) is 0 Å². The summed E-state index contributed by atoms with van der Waals surface area (Å²) in [4.78, 5) is 27.9. The second-order valence-corrected chi connectivity index (χ2v) is 6.50. The van der Waals surface area contributed by atoms with Crippen LogP contribution in [0.4, 0.5) is 11.4 Å². The Morgan fingerprint density at radius 3 is 3.00 bits per heavy atom. The molecule has 0 aliphatic carbocycles. The van der Waals surface area contributed by atoms with Crippen LogP contribution < -0.4 is 10.6 Å². The van der Waals surface area contributed by atoms with Crippen molar-refractivity contribution in [2.45, 2.75) is 6.42 Å². The number of aromatic nitrogens is 1. The molecule has 118 valence electrons. The zero-order valence-electron chi connectivity index (χ0n) is 12.6. The van der Waals surface area contributed by atoms with E-state index in [9.17, 15) is 9.59 Å². The number of anilines is 2. The maximum atomic E-state index is 12.1. The number of hydrogen-bond donors (Lipinski definition) is 2. The van der Waals surface area contributed by atoms with Crippen LogP contribution in [0.1, 0.15) is 10.6 Å². The molecule has 0 atom stereocenters. The molecule has 0 saturated heterocycles. The van der Waals surface area contributed by atoms with Crippen molar-refractivity contribution in [3.8, 4) is 0 Å². The first-order valence-corrected chi connectivity index (χ1v) is 8.26. The highest BCUT2D eigenvalue weighted by molar-refractivity contribution is 7.19. The van der Waals surface area contributed by atoms with Crippen molar-refractivity contribution in [2.75, 3.05) is 10.6 Å². The fourth-order valence-corrected chi connectivity index (χ4v) is 3.47. The summed E-state index contributed by atoms with van der Waals surface area (Å²) >= 11 is 1.54. The minimum absolute atomic E-state index is 0.0239. The van der Waals surface area contributed by atoms with Crippen molar-refractivity contribution in [1.29, 1.82) is 0 Å². The van der Waals surface area contributed by atoms with Crippen LogP contribution in [0, 0.1) is 0 Å². The van der Waals surface area contributed by atoms with Crippen LogP contribution in [-0.2, 0) is 16.0 Å². The summed E-state index contributed by atoms with van der Waals surface area (Å²) in [6.45, 7) is 0. The third-order valence-electron chi connectivity index (χ3n) is 3.69. The lowest BCUT2D eigenvalue weighted by atomic mass is 10.1. The predicted molar refractivity (Wildman–Crippen MR) is 96.1 cm³/mol. The predicted octanol–water partition coefficient (Wildman–Crippen LogP) is 3.44. The molecular weight excluding hydrogens is 322 g/mol. The van der Waals surface area contributed by atoms with Gasteiger partial charge in [-0.15, -0.1) is 11.3 Å². The summed E-state index contributed by atoms with van der Waals surface area (Å²) in [5.74, 6) is -0.254. The Morgan fingerprint density at radius 2 is 2.12 bits per heavy atom. The lowest BCUT2D eigenvalue weighted by Crippen LogP contribution is -2.07. The van der Waals surface area contributed by atoms with Gasteiger partial charge in [-0.1, -0.05) is 12.1 Å². The van der Waals surface area contributed by atoms with Gasteiger partial charge in [0.1, 0.15) is 5.01 Å². The highest BCUT2D eigenvalue weighted by Crippen LogP contribution is 2.26. The van der Waals surface area contributed by atoms with E-state index in [1.165, 1.54) is 17.4 Å². The minimum Gasteiger partial charge on any atom is -0.326 e. The molecule has 2 N–H and O–H groups in total. The minimum atomic E-state index is -0.230. The van der Waals surface area contributed by atoms with E-state index in [1.807, 2.05) is 30.3 Å². The van der Waals surface area contributed by atoms with Crippen LogP contribution in [-0.4, -0.2) is 16.8 Å². The summed E-state index contributed by atoms with van der Waals surface area (Å²) < 4.78 is 1.09. The fourth-order valence-electron chi connectivity index (χ4n) is 2.60. The molecule has 0 fully saturated rings. The van der Waals surface area contributed by atoms with Crippen molar-refractivity contribution in [3.63, 3.8) is 0 Å². The molecule has 2 heterocycles. The zero-order chi connectivity index (χ0) is 16.5. The molecule has 5 nitrogen and oxygen atoms in total. The molecule has 6 heteroatoms. The third kappa shape index (κ3) is 2.91. The Bertz CT molecular complexity index is 958. The molecule has 2 aromatic carbocycles. The molecule has 2 amide bonds. The molecular formula is C18H13N3O2S. The molecule has 0 bridgehead atoms. The van der Waals surface area contributed by atoms with Gasteiger partial charge in [0.15, 0.2) is 0 Å². The van der Waals surface area contributed by atoms with Crippen LogP contribution in [0.25, 0.3) is 16.3 Å². The number of carbonyl (C=O) groups excluding carboxylic acids is 2. The average Bonchev–Trinajstić information content (AvgIpc) is 3.14. The van der Waals surface area contributed by atoms with E-state index in [-0.39, 0.29) is 11.8 Å². The summed E-state index contributed by atoms with van der Waals surface area (Å²) in [5.41, 5.74) is 3.30. The first-order chi connectivity index (χ1) is 11.7. The zero-order valence-corrected chi connectivity index (χ0v) is 13.4. The third-order valence-corrected chi connectivity index (χ3v) is 4.69. The van der Waals surface area contributed by atoms with Gasteiger partial charge in [0.2, 0.25) is 11.8 Å². The highest BCUT2D eigenvalue weighted by Gasteiger charge is 2.17. The molecule has 1 aliphatic rings. The van der Waals surface area contributed by atoms with Gasteiger partial charge < -0.3 is 10.6 Å². The molecule has 4 rings (SSSR count). The molecule has 0 spiro atoms. The Labute approximate surface area is 142 Å². The van der Waals surface area contributed by atoms with Gasteiger partial charge in [0, 0.05) is 17.5 Å². The fraction of sp³-hybridized carbons (Fsp3) is 0.0556. The number of fused-ring (bicyclic) bond motifs is 2. The number of rotatable bonds is 3. The molecule has 1 aliphatic heterocycles. The molecule has 3 aromatic rings. The first-order valence-electron chi connectivity index (χ1n) is 7.45. The van der Waals surface area contributed by atoms with Crippen molar-refractivity contribution >= 4 is 50.8 Å². The molecule has 0 radical (unpaired) electrons. The lowest BCUT2D eigenvalue weighted by molar-refractivity contribution is -0.115. The number of hydrogen-bond acceptors (Lipinski definition) is 4. The maximum Gasteiger partial charge on any atom is 0.248 e. The molecule has 0 unspecified atom stereocenters. The van der Waals surface area contributed by atoms with E-state index in [2.05, 4.69) is 15.6 Å². The number of para-hydroxylation sites is 1. The quantitative estimate of drug-likeness (QED) is 0.720. The molecule has 24 heavy (non-hydrogen) atoms. The highest BCUT2D eigenvalue weighted by atomic mass is 32.1. The molecule has 0 saturated carbocycles. The molecule has 1 aromatic heterocycles. The van der Waals surface area contributed by atoms with Crippen LogP contribution >= 0.6 is 11.3 Å². The van der Waals surface area contributed by atoms with Crippen LogP contribution in [0.15, 0.2) is 48.5 Å². The van der Waals surface area contributed by atoms with Gasteiger partial charge >= 0.3 is 0 Å². The van der Waals surface area contributed by atoms with Gasteiger partial charge in [0.25, 0.3) is 0 Å². The smallest absolute Gasteiger partial charge is 0.248 e. The summed E-state index contributed by atoms with van der Waals surface area (Å²) in [6.07, 6.45) is 3.52. The van der Waals surface area contributed by atoms with Crippen LogP contribution in [0.2, 0.25) is 0 Å². The number of thiazole rings is 1. The summed E-state index contributed by atoms with van der Waals surface area (Å²) in [7, 11) is 0. The topological polar surface area (TPSA) is 71.1 Å². The Balaban J connectivity index is 1.46. The van der Waals surface area contributed by atoms with Gasteiger partial charge in [-0.05, 0) is 42.0 Å². The standard InChI is InChI=1S/C18H13N3O2S/c22-16(7-8-18-21-14-3-1-2-4-15(14)24-18)19-12-5-6-13-11(9-12)10-17(23)20-13/h1-9H,10H2,(H,19,22)(H,20,23)/b8-7+. The van der Waals surface area contributed by atoms with Crippen LogP contribution in [0.3, 0.4) is 0 Å². The summed E-state index contributed by atoms with van der Waals surface area (Å²) in [6, 6.07) is 13.2. The van der Waals surface area contributed by atoms with Gasteiger partial charge in [0.05, 0.1) is 16.6 Å². The summed E-state index contributed by atoms with van der Waals surface area (Å²) in [5, 5.41) is 6.35. The van der Waals surface area contributed by atoms with E-state index in [0.29, 0.717) is 12.1 Å². The number of nitrogens with zero attached hydrogens (tertiary/aromatic N) is 1. The SMILES string of the molecule is O=C(/C=C/c1nc2ccccc2s1)Nc1ccc2c(c1)CC(=O)N2. The van der Waals surface area contributed by atoms with Gasteiger partial charge in [-0.25, -0.2) is 4.98 Å². The normalized spacial score (nSPS) is 13.2. The Morgan fingerprint density at radius 1 is 1.25 bits per heavy atom. The van der Waals surface area contributed by atoms with Crippen molar-refractivity contribution in [2.24, 2.45) is 0 Å². The Kier molecular flexibility index (Phi) is 3.59. The Hall–Kier alpha value is -2.99. The average molecular weight is 335 g/mol. The van der Waals surface area contributed by atoms with Crippen molar-refractivity contribution in [1.82, 2.24) is 4.98 Å². The second kappa shape index (κ2) is 5.90. The number of carbonyl (C=O) groups is 2. The first kappa shape index (κ1) is 14.6. The lowest BCUT2D eigenvalue weighted by Gasteiger charge is -2.04. The maximum absolute atomic E-state index is 12.1. The van der Waals surface area contributed by atoms with Crippen molar-refractivity contribution in [3.05, 3.63) is 59.1 Å². The number of benzene rings is 2. The van der Waals surface area contributed by atoms with E-state index in [1.54, 1.807) is 18.2 Å². The van der Waals surface area contributed by atoms with Gasteiger partial charge in [-0.2, -0.15) is 0 Å².